The molecule has 10 heteroatoms. The zero-order chi connectivity index (χ0) is 23.5. The first kappa shape index (κ1) is 23.0. The number of benzene rings is 2. The van der Waals surface area contributed by atoms with Gasteiger partial charge in [-0.15, -0.1) is 0 Å². The lowest BCUT2D eigenvalue weighted by molar-refractivity contribution is -0.123. The maximum absolute atomic E-state index is 12.7. The maximum atomic E-state index is 12.7. The number of carbonyl (C=O) groups excluding carboxylic acids is 4. The van der Waals surface area contributed by atoms with Gasteiger partial charge in [-0.3, -0.25) is 24.1 Å². The second-order valence-electron chi connectivity index (χ2n) is 7.17. The summed E-state index contributed by atoms with van der Waals surface area (Å²) in [4.78, 5) is 51.0. The van der Waals surface area contributed by atoms with Crippen LogP contribution in [0.25, 0.3) is 0 Å². The normalized spacial score (nSPS) is 13.2. The molecule has 0 atom stereocenters. The first-order chi connectivity index (χ1) is 15.1. The fourth-order valence-corrected chi connectivity index (χ4v) is 3.21. The van der Waals surface area contributed by atoms with Crippen LogP contribution in [0.15, 0.2) is 42.5 Å². The van der Waals surface area contributed by atoms with Crippen LogP contribution in [0.1, 0.15) is 61.2 Å². The number of anilines is 1. The predicted octanol–water partition coefficient (Wildman–Crippen LogP) is 3.63. The van der Waals surface area contributed by atoms with Crippen LogP contribution in [-0.2, 0) is 0 Å². The molecular formula is C22H20F3N3O4. The molecule has 0 radical (unpaired) electrons. The Hall–Kier alpha value is -3.69. The van der Waals surface area contributed by atoms with Gasteiger partial charge >= 0.3 is 6.18 Å². The molecule has 0 spiro atoms. The van der Waals surface area contributed by atoms with E-state index in [0.717, 1.165) is 11.3 Å². The molecule has 0 saturated heterocycles. The molecular weight excluding hydrogens is 427 g/mol. The van der Waals surface area contributed by atoms with Crippen molar-refractivity contribution in [1.82, 2.24) is 10.2 Å². The van der Waals surface area contributed by atoms with Crippen molar-refractivity contribution in [3.63, 3.8) is 0 Å². The Morgan fingerprint density at radius 2 is 1.66 bits per heavy atom. The molecule has 0 unspecified atom stereocenters. The van der Waals surface area contributed by atoms with Gasteiger partial charge in [0, 0.05) is 12.1 Å². The Kier molecular flexibility index (Phi) is 6.61. The summed E-state index contributed by atoms with van der Waals surface area (Å²) in [6, 6.07) is 9.65. The van der Waals surface area contributed by atoms with Gasteiger partial charge < -0.3 is 10.6 Å². The summed E-state index contributed by atoms with van der Waals surface area (Å²) in [6.45, 7) is 0.705. The molecule has 168 valence electrons. The van der Waals surface area contributed by atoms with Crippen molar-refractivity contribution in [1.29, 1.82) is 0 Å². The zero-order valence-electron chi connectivity index (χ0n) is 17.1. The average Bonchev–Trinajstić information content (AvgIpc) is 2.99. The van der Waals surface area contributed by atoms with Gasteiger partial charge in [-0.2, -0.15) is 13.2 Å². The minimum Gasteiger partial charge on any atom is -0.343 e. The van der Waals surface area contributed by atoms with E-state index in [0.29, 0.717) is 6.42 Å². The Bertz CT molecular complexity index is 1080. The number of hydrogen-bond donors (Lipinski definition) is 2. The van der Waals surface area contributed by atoms with Crippen LogP contribution in [0.4, 0.5) is 18.9 Å². The number of unbranched alkanes of at least 4 members (excludes halogenated alkanes) is 1. The summed E-state index contributed by atoms with van der Waals surface area (Å²) >= 11 is 0. The fourth-order valence-electron chi connectivity index (χ4n) is 3.21. The molecule has 1 aliphatic heterocycles. The minimum atomic E-state index is -4.58. The van der Waals surface area contributed by atoms with E-state index in [1.54, 1.807) is 5.32 Å². The number of amides is 4. The molecule has 0 aromatic heterocycles. The Balaban J connectivity index is 1.79. The van der Waals surface area contributed by atoms with Crippen molar-refractivity contribution >= 4 is 29.3 Å². The molecule has 4 amide bonds. The van der Waals surface area contributed by atoms with Crippen molar-refractivity contribution in [3.05, 3.63) is 64.7 Å². The zero-order valence-corrected chi connectivity index (χ0v) is 17.1. The summed E-state index contributed by atoms with van der Waals surface area (Å²) < 4.78 is 37.2. The smallest absolute Gasteiger partial charge is 0.343 e. The second kappa shape index (κ2) is 9.21. The Morgan fingerprint density at radius 1 is 0.969 bits per heavy atom. The van der Waals surface area contributed by atoms with E-state index in [1.165, 1.54) is 42.5 Å². The van der Waals surface area contributed by atoms with Gasteiger partial charge in [-0.05, 0) is 36.8 Å². The van der Waals surface area contributed by atoms with Gasteiger partial charge in [0.1, 0.15) is 6.54 Å². The molecule has 0 bridgehead atoms. The van der Waals surface area contributed by atoms with Crippen molar-refractivity contribution in [3.8, 4) is 0 Å². The highest BCUT2D eigenvalue weighted by atomic mass is 19.4. The molecule has 0 aliphatic carbocycles. The number of carbonyl (C=O) groups is 4. The van der Waals surface area contributed by atoms with Crippen molar-refractivity contribution in [2.45, 2.75) is 25.9 Å². The van der Waals surface area contributed by atoms with Crippen LogP contribution in [0.2, 0.25) is 0 Å². The number of nitrogens with zero attached hydrogens (tertiary/aromatic N) is 1. The van der Waals surface area contributed by atoms with E-state index >= 15 is 0 Å². The lowest BCUT2D eigenvalue weighted by Crippen LogP contribution is -2.34. The lowest BCUT2D eigenvalue weighted by atomic mass is 10.0. The van der Waals surface area contributed by atoms with E-state index in [2.05, 4.69) is 5.32 Å². The molecule has 1 aliphatic rings. The van der Waals surface area contributed by atoms with Gasteiger partial charge in [0.2, 0.25) is 0 Å². The van der Waals surface area contributed by atoms with Crippen LogP contribution < -0.4 is 10.6 Å². The van der Waals surface area contributed by atoms with E-state index in [-0.39, 0.29) is 34.5 Å². The first-order valence-electron chi connectivity index (χ1n) is 9.88. The number of halogens is 3. The highest BCUT2D eigenvalue weighted by molar-refractivity contribution is 6.22. The summed E-state index contributed by atoms with van der Waals surface area (Å²) in [5.74, 6) is -2.59. The highest BCUT2D eigenvalue weighted by Crippen LogP contribution is 2.25. The number of alkyl halides is 3. The van der Waals surface area contributed by atoms with Crippen LogP contribution in [-0.4, -0.2) is 47.8 Å². The van der Waals surface area contributed by atoms with Crippen LogP contribution in [0.5, 0.6) is 0 Å². The molecule has 2 aromatic rings. The maximum Gasteiger partial charge on any atom is 0.405 e. The van der Waals surface area contributed by atoms with Gasteiger partial charge in [0.15, 0.2) is 0 Å². The van der Waals surface area contributed by atoms with Crippen LogP contribution in [0.3, 0.4) is 0 Å². The summed E-state index contributed by atoms with van der Waals surface area (Å²) in [5, 5.41) is 4.23. The van der Waals surface area contributed by atoms with E-state index in [4.69, 9.17) is 0 Å². The number of hydrogen-bond acceptors (Lipinski definition) is 4. The molecule has 2 aromatic carbocycles. The van der Waals surface area contributed by atoms with Crippen LogP contribution >= 0.6 is 0 Å². The molecule has 3 rings (SSSR count). The van der Waals surface area contributed by atoms with E-state index in [1.807, 2.05) is 6.92 Å². The minimum absolute atomic E-state index is 0.00430. The standard InChI is InChI=1S/C22H20F3N3O4/c1-2-3-10-28-20(31)14-9-8-13(11-16(14)21(28)32)18(29)27-17-7-5-4-6-15(17)19(30)26-12-22(23,24)25/h4-9,11H,2-3,10,12H2,1H3,(H,26,30)(H,27,29). The number of nitrogens with one attached hydrogen (secondary N) is 2. The molecule has 32 heavy (non-hydrogen) atoms. The third kappa shape index (κ3) is 4.96. The first-order valence-corrected chi connectivity index (χ1v) is 9.88. The lowest BCUT2D eigenvalue weighted by Gasteiger charge is -2.13. The number of imide groups is 1. The van der Waals surface area contributed by atoms with E-state index in [9.17, 15) is 32.3 Å². The van der Waals surface area contributed by atoms with Gasteiger partial charge in [-0.1, -0.05) is 25.5 Å². The molecule has 7 nitrogen and oxygen atoms in total. The highest BCUT2D eigenvalue weighted by Gasteiger charge is 2.35. The monoisotopic (exact) mass is 447 g/mol. The van der Waals surface area contributed by atoms with Gasteiger partial charge in [0.25, 0.3) is 23.6 Å². The van der Waals surface area contributed by atoms with E-state index < -0.39 is 36.3 Å². The van der Waals surface area contributed by atoms with Crippen molar-refractivity contribution < 1.29 is 32.3 Å². The Labute approximate surface area is 181 Å². The molecule has 2 N–H and O–H groups in total. The average molecular weight is 447 g/mol. The molecule has 0 fully saturated rings. The Morgan fingerprint density at radius 3 is 2.34 bits per heavy atom. The molecule has 1 heterocycles. The van der Waals surface area contributed by atoms with Gasteiger partial charge in [0.05, 0.1) is 22.4 Å². The van der Waals surface area contributed by atoms with Gasteiger partial charge in [-0.25, -0.2) is 0 Å². The van der Waals surface area contributed by atoms with Crippen molar-refractivity contribution in [2.75, 3.05) is 18.4 Å². The summed E-state index contributed by atoms with van der Waals surface area (Å²) in [5.41, 5.74) is 0.227. The largest absolute Gasteiger partial charge is 0.405 e. The summed E-state index contributed by atoms with van der Waals surface area (Å²) in [6.07, 6.45) is -3.11. The topological polar surface area (TPSA) is 95.6 Å². The SMILES string of the molecule is CCCCN1C(=O)c2ccc(C(=O)Nc3ccccc3C(=O)NCC(F)(F)F)cc2C1=O. The molecule has 0 saturated carbocycles. The van der Waals surface area contributed by atoms with Crippen molar-refractivity contribution in [2.24, 2.45) is 0 Å². The fraction of sp³-hybridized carbons (Fsp3) is 0.273. The third-order valence-electron chi connectivity index (χ3n) is 4.84. The number of rotatable bonds is 7. The number of fused-ring (bicyclic) bond motifs is 1. The predicted molar refractivity (Wildman–Crippen MR) is 110 cm³/mol. The summed E-state index contributed by atoms with van der Waals surface area (Å²) in [7, 11) is 0. The van der Waals surface area contributed by atoms with Crippen LogP contribution in [0, 0.1) is 0 Å². The number of para-hydroxylation sites is 1. The quantitative estimate of drug-likeness (QED) is 0.634. The third-order valence-corrected chi connectivity index (χ3v) is 4.84. The second-order valence-corrected chi connectivity index (χ2v) is 7.17.